The van der Waals surface area contributed by atoms with Gasteiger partial charge in [-0.05, 0) is 0 Å². The predicted octanol–water partition coefficient (Wildman–Crippen LogP) is 6.24. The fourth-order valence-corrected chi connectivity index (χ4v) is 2.06. The van der Waals surface area contributed by atoms with Crippen LogP contribution in [0.4, 0.5) is 0 Å². The molecule has 0 saturated carbocycles. The molecule has 0 radical (unpaired) electrons. The number of halogens is 1. The maximum absolute atomic E-state index is 3.26. The van der Waals surface area contributed by atoms with Gasteiger partial charge in [0.15, 0.2) is 0 Å². The third-order valence-corrected chi connectivity index (χ3v) is 3.13. The SMILES string of the molecule is [Br][Ir+2].[C-]1=CCCCCCC1.[C-]1=CCCCCCC1. The largest absolute Gasteiger partial charge is 0.501 e. The average molecular weight is 491 g/mol. The summed E-state index contributed by atoms with van der Waals surface area (Å²) >= 11 is 4.75. The summed E-state index contributed by atoms with van der Waals surface area (Å²) in [6.45, 7) is 0. The zero-order valence-corrected chi connectivity index (χ0v) is 15.3. The molecule has 18 heavy (non-hydrogen) atoms. The van der Waals surface area contributed by atoms with E-state index in [1.165, 1.54) is 77.0 Å². The molecule has 0 aromatic rings. The van der Waals surface area contributed by atoms with Gasteiger partial charge in [-0.25, -0.2) is 0 Å². The summed E-state index contributed by atoms with van der Waals surface area (Å²) in [5, 5.41) is 0. The molecule has 0 amide bonds. The Balaban J connectivity index is 0.000000283. The van der Waals surface area contributed by atoms with Crippen LogP contribution >= 0.6 is 13.5 Å². The molecule has 0 heterocycles. The molecule has 0 fully saturated rings. The monoisotopic (exact) mass is 490 g/mol. The Labute approximate surface area is 131 Å². The van der Waals surface area contributed by atoms with Crippen molar-refractivity contribution >= 4 is 13.5 Å². The molecule has 2 aliphatic carbocycles. The minimum absolute atomic E-state index is 1.19. The van der Waals surface area contributed by atoms with Crippen molar-refractivity contribution in [3.05, 3.63) is 24.3 Å². The Morgan fingerprint density at radius 3 is 1.44 bits per heavy atom. The van der Waals surface area contributed by atoms with E-state index in [2.05, 4.69) is 37.8 Å². The Bertz CT molecular complexity index is 157. The zero-order chi connectivity index (χ0) is 13.3. The van der Waals surface area contributed by atoms with E-state index in [9.17, 15) is 0 Å². The summed E-state index contributed by atoms with van der Waals surface area (Å²) in [6, 6.07) is 0. The topological polar surface area (TPSA) is 0 Å². The van der Waals surface area contributed by atoms with E-state index in [-0.39, 0.29) is 0 Å². The maximum Gasteiger partial charge on any atom is -0.0525 e. The minimum atomic E-state index is 1.19. The third-order valence-electron chi connectivity index (χ3n) is 3.13. The second-order valence-corrected chi connectivity index (χ2v) is 4.72. The van der Waals surface area contributed by atoms with Crippen molar-refractivity contribution in [1.29, 1.82) is 0 Å². The third kappa shape index (κ3) is 14.7. The molecular weight excluding hydrogens is 464 g/mol. The first-order valence-electron chi connectivity index (χ1n) is 7.23. The molecule has 2 rings (SSSR count). The minimum Gasteiger partial charge on any atom is -0.501 e. The molecule has 2 aliphatic rings. The zero-order valence-electron chi connectivity index (χ0n) is 11.4. The standard InChI is InChI=1S/2C8H13.BrH.Ir/c2*1-2-4-6-8-7-5-3-1;;/h2*1H,2,4-8H2;1H;/q2*-1;;+3/p-1. The molecule has 0 aromatic carbocycles. The van der Waals surface area contributed by atoms with Crippen molar-refractivity contribution in [1.82, 2.24) is 0 Å². The second-order valence-electron chi connectivity index (χ2n) is 4.72. The number of hydrogen-bond acceptors (Lipinski definition) is 0. The molecule has 2 heteroatoms. The smallest absolute Gasteiger partial charge is 0.0525 e. The van der Waals surface area contributed by atoms with Crippen LogP contribution in [0.2, 0.25) is 0 Å². The van der Waals surface area contributed by atoms with Gasteiger partial charge in [-0.2, -0.15) is 12.8 Å². The predicted molar refractivity (Wildman–Crippen MR) is 80.0 cm³/mol. The molecule has 106 valence electrons. The van der Waals surface area contributed by atoms with Gasteiger partial charge in [-0.3, -0.25) is 12.2 Å². The van der Waals surface area contributed by atoms with Crippen LogP contribution in [-0.2, 0) is 16.9 Å². The summed E-state index contributed by atoms with van der Waals surface area (Å²) in [4.78, 5) is 0. The summed E-state index contributed by atoms with van der Waals surface area (Å²) < 4.78 is 0. The van der Waals surface area contributed by atoms with Crippen LogP contribution in [0.3, 0.4) is 0 Å². The van der Waals surface area contributed by atoms with Gasteiger partial charge in [-0.15, -0.1) is 0 Å². The average Bonchev–Trinajstić information content (AvgIpc) is 2.30. The molecule has 0 bridgehead atoms. The van der Waals surface area contributed by atoms with Gasteiger partial charge in [-0.1, -0.05) is 64.2 Å². The summed E-state index contributed by atoms with van der Waals surface area (Å²) in [5.41, 5.74) is 0. The first kappa shape index (κ1) is 18.6. The Morgan fingerprint density at radius 2 is 1.00 bits per heavy atom. The molecule has 0 spiro atoms. The van der Waals surface area contributed by atoms with Crippen molar-refractivity contribution in [2.75, 3.05) is 0 Å². The van der Waals surface area contributed by atoms with Gasteiger partial charge >= 0.3 is 30.4 Å². The second kappa shape index (κ2) is 17.6. The molecule has 0 atom stereocenters. The Kier molecular flexibility index (Phi) is 18.2. The molecule has 0 nitrogen and oxygen atoms in total. The summed E-state index contributed by atoms with van der Waals surface area (Å²) in [5.74, 6) is 0. The van der Waals surface area contributed by atoms with Gasteiger partial charge in [0.05, 0.1) is 0 Å². The first-order chi connectivity index (χ1) is 9.00. The van der Waals surface area contributed by atoms with E-state index in [0.717, 1.165) is 0 Å². The van der Waals surface area contributed by atoms with E-state index >= 15 is 0 Å². The van der Waals surface area contributed by atoms with Gasteiger partial charge in [0.1, 0.15) is 0 Å². The van der Waals surface area contributed by atoms with E-state index in [1.54, 1.807) is 0 Å². The van der Waals surface area contributed by atoms with Crippen LogP contribution in [-0.4, -0.2) is 0 Å². The van der Waals surface area contributed by atoms with Gasteiger partial charge in [0.25, 0.3) is 0 Å². The maximum atomic E-state index is 3.26. The van der Waals surface area contributed by atoms with E-state index in [0.29, 0.717) is 0 Å². The first-order valence-corrected chi connectivity index (χ1v) is 12.5. The van der Waals surface area contributed by atoms with Crippen LogP contribution in [0.15, 0.2) is 12.2 Å². The van der Waals surface area contributed by atoms with Crippen LogP contribution in [0.1, 0.15) is 77.0 Å². The van der Waals surface area contributed by atoms with Crippen molar-refractivity contribution in [3.8, 4) is 0 Å². The van der Waals surface area contributed by atoms with Crippen molar-refractivity contribution in [2.24, 2.45) is 0 Å². The molecule has 0 aliphatic heterocycles. The van der Waals surface area contributed by atoms with Crippen LogP contribution in [0.25, 0.3) is 0 Å². The van der Waals surface area contributed by atoms with Crippen molar-refractivity contribution in [2.45, 2.75) is 77.0 Å². The molecule has 0 saturated heterocycles. The van der Waals surface area contributed by atoms with Crippen LogP contribution in [0, 0.1) is 12.2 Å². The molecule has 0 N–H and O–H groups in total. The fraction of sp³-hybridized carbons (Fsp3) is 0.750. The van der Waals surface area contributed by atoms with Gasteiger partial charge in [0, 0.05) is 0 Å². The summed E-state index contributed by atoms with van der Waals surface area (Å²) in [7, 11) is 0. The van der Waals surface area contributed by atoms with Crippen LogP contribution in [0.5, 0.6) is 0 Å². The Hall–Kier alpha value is 0.609. The summed E-state index contributed by atoms with van der Waals surface area (Å²) in [6.07, 6.45) is 27.0. The van der Waals surface area contributed by atoms with Crippen LogP contribution < -0.4 is 0 Å². The van der Waals surface area contributed by atoms with Crippen molar-refractivity contribution in [3.63, 3.8) is 0 Å². The number of rotatable bonds is 0. The Morgan fingerprint density at radius 1 is 0.611 bits per heavy atom. The van der Waals surface area contributed by atoms with Gasteiger partial charge in [0.2, 0.25) is 0 Å². The molecule has 0 unspecified atom stereocenters. The number of allylic oxidation sites excluding steroid dienone is 4. The number of hydrogen-bond donors (Lipinski definition) is 0. The van der Waals surface area contributed by atoms with Crippen molar-refractivity contribution < 1.29 is 16.9 Å². The van der Waals surface area contributed by atoms with E-state index < -0.39 is 0 Å². The van der Waals surface area contributed by atoms with E-state index in [4.69, 9.17) is 0 Å². The van der Waals surface area contributed by atoms with E-state index in [1.807, 2.05) is 16.9 Å². The fourth-order valence-electron chi connectivity index (χ4n) is 2.06. The molecule has 0 aromatic heterocycles. The molecular formula is C16H26BrIr. The van der Waals surface area contributed by atoms with Gasteiger partial charge < -0.3 is 12.2 Å². The quantitative estimate of drug-likeness (QED) is 0.353. The normalized spacial score (nSPS) is 19.9.